The number of carboxylic acids is 1. The molecule has 0 saturated heterocycles. The number of hydrogen-bond donors (Lipinski definition) is 3. The molecule has 0 aliphatic rings. The van der Waals surface area contributed by atoms with Gasteiger partial charge in [-0.15, -0.1) is 0 Å². The minimum absolute atomic E-state index is 0.0162. The average Bonchev–Trinajstić information content (AvgIpc) is 2.49. The van der Waals surface area contributed by atoms with E-state index in [0.717, 1.165) is 0 Å². The minimum Gasteiger partial charge on any atom is -0.481 e. The lowest BCUT2D eigenvalue weighted by Gasteiger charge is -2.20. The number of carbonyl (C=O) groups is 2. The lowest BCUT2D eigenvalue weighted by Crippen LogP contribution is -2.32. The predicted octanol–water partition coefficient (Wildman–Crippen LogP) is 1.62. The number of aliphatic carboxylic acids is 1. The number of aryl methyl sites for hydroxylation is 1. The first-order valence-corrected chi connectivity index (χ1v) is 9.03. The van der Waals surface area contributed by atoms with Crippen LogP contribution in [0.4, 0.5) is 10.5 Å². The van der Waals surface area contributed by atoms with Crippen molar-refractivity contribution in [3.63, 3.8) is 0 Å². The zero-order valence-corrected chi connectivity index (χ0v) is 14.8. The summed E-state index contributed by atoms with van der Waals surface area (Å²) in [5.41, 5.74) is 0.901. The van der Waals surface area contributed by atoms with E-state index in [2.05, 4.69) is 10.6 Å². The fourth-order valence-electron chi connectivity index (χ4n) is 2.12. The molecule has 0 unspecified atom stereocenters. The van der Waals surface area contributed by atoms with E-state index in [9.17, 15) is 18.0 Å². The molecule has 0 atom stereocenters. The number of nitrogens with zero attached hydrogens (tertiary/aromatic N) is 1. The summed E-state index contributed by atoms with van der Waals surface area (Å²) in [6.45, 7) is 5.89. The molecule has 0 saturated carbocycles. The van der Waals surface area contributed by atoms with Gasteiger partial charge in [-0.25, -0.2) is 13.2 Å². The van der Waals surface area contributed by atoms with Crippen molar-refractivity contribution in [2.45, 2.75) is 32.1 Å². The van der Waals surface area contributed by atoms with E-state index in [1.807, 2.05) is 0 Å². The Bertz CT molecular complexity index is 699. The molecule has 0 aliphatic carbocycles. The Morgan fingerprint density at radius 3 is 2.38 bits per heavy atom. The highest BCUT2D eigenvalue weighted by atomic mass is 32.2. The number of sulfonamides is 1. The SMILES string of the molecule is CCN(CC)S(=O)(=O)c1cc(NC(=O)NCCC(=O)O)ccc1C. The lowest BCUT2D eigenvalue weighted by atomic mass is 10.2. The fourth-order valence-corrected chi connectivity index (χ4v) is 3.83. The van der Waals surface area contributed by atoms with E-state index in [1.54, 1.807) is 32.9 Å². The summed E-state index contributed by atoms with van der Waals surface area (Å²) in [4.78, 5) is 22.3. The second-order valence-electron chi connectivity index (χ2n) is 5.09. The molecule has 8 nitrogen and oxygen atoms in total. The first kappa shape index (κ1) is 19.9. The molecule has 0 bridgehead atoms. The van der Waals surface area contributed by atoms with Gasteiger partial charge >= 0.3 is 12.0 Å². The van der Waals surface area contributed by atoms with Gasteiger partial charge < -0.3 is 15.7 Å². The van der Waals surface area contributed by atoms with E-state index in [-0.39, 0.29) is 17.9 Å². The molecule has 0 fully saturated rings. The normalized spacial score (nSPS) is 11.3. The molecule has 0 aliphatic heterocycles. The molecule has 1 aromatic rings. The second kappa shape index (κ2) is 8.65. The van der Waals surface area contributed by atoms with E-state index in [1.165, 1.54) is 10.4 Å². The van der Waals surface area contributed by atoms with Crippen molar-refractivity contribution >= 4 is 27.7 Å². The van der Waals surface area contributed by atoms with Gasteiger partial charge in [0.2, 0.25) is 10.0 Å². The average molecular weight is 357 g/mol. The lowest BCUT2D eigenvalue weighted by molar-refractivity contribution is -0.136. The Hall–Kier alpha value is -2.13. The first-order chi connectivity index (χ1) is 11.2. The van der Waals surface area contributed by atoms with Gasteiger partial charge in [0.25, 0.3) is 0 Å². The summed E-state index contributed by atoms with van der Waals surface area (Å²) in [6, 6.07) is 4.02. The van der Waals surface area contributed by atoms with Crippen LogP contribution < -0.4 is 10.6 Å². The van der Waals surface area contributed by atoms with Gasteiger partial charge in [-0.1, -0.05) is 19.9 Å². The maximum atomic E-state index is 12.6. The van der Waals surface area contributed by atoms with Crippen LogP contribution >= 0.6 is 0 Å². The monoisotopic (exact) mass is 357 g/mol. The number of nitrogens with one attached hydrogen (secondary N) is 2. The molecular formula is C15H23N3O5S. The standard InChI is InChI=1S/C15H23N3O5S/c1-4-18(5-2)24(22,23)13-10-12(7-6-11(13)3)17-15(21)16-9-8-14(19)20/h6-7,10H,4-5,8-9H2,1-3H3,(H,19,20)(H2,16,17,21). The van der Waals surface area contributed by atoms with Crippen LogP contribution in [0.1, 0.15) is 25.8 Å². The van der Waals surface area contributed by atoms with E-state index >= 15 is 0 Å². The number of carboxylic acid groups (broad SMARTS) is 1. The summed E-state index contributed by atoms with van der Waals surface area (Å²) in [5, 5.41) is 13.4. The van der Waals surface area contributed by atoms with Crippen molar-refractivity contribution in [2.75, 3.05) is 25.0 Å². The Balaban J connectivity index is 2.94. The van der Waals surface area contributed by atoms with E-state index < -0.39 is 22.0 Å². The van der Waals surface area contributed by atoms with Crippen molar-refractivity contribution in [3.05, 3.63) is 23.8 Å². The second-order valence-corrected chi connectivity index (χ2v) is 7.00. The van der Waals surface area contributed by atoms with Crippen molar-refractivity contribution in [3.8, 4) is 0 Å². The number of hydrogen-bond acceptors (Lipinski definition) is 4. The topological polar surface area (TPSA) is 116 Å². The molecular weight excluding hydrogens is 334 g/mol. The van der Waals surface area contributed by atoms with Crippen molar-refractivity contribution < 1.29 is 23.1 Å². The van der Waals surface area contributed by atoms with Crippen LogP contribution in [-0.2, 0) is 14.8 Å². The van der Waals surface area contributed by atoms with Gasteiger partial charge in [0.1, 0.15) is 0 Å². The number of benzene rings is 1. The van der Waals surface area contributed by atoms with Crippen LogP contribution in [0.15, 0.2) is 23.1 Å². The van der Waals surface area contributed by atoms with Crippen molar-refractivity contribution in [2.24, 2.45) is 0 Å². The van der Waals surface area contributed by atoms with Gasteiger partial charge in [-0.2, -0.15) is 4.31 Å². The third-order valence-electron chi connectivity index (χ3n) is 3.39. The highest BCUT2D eigenvalue weighted by Crippen LogP contribution is 2.23. The van der Waals surface area contributed by atoms with Gasteiger partial charge in [0, 0.05) is 25.3 Å². The molecule has 9 heteroatoms. The molecule has 0 heterocycles. The Labute approximate surface area is 141 Å². The first-order valence-electron chi connectivity index (χ1n) is 7.59. The molecule has 3 N–H and O–H groups in total. The molecule has 24 heavy (non-hydrogen) atoms. The van der Waals surface area contributed by atoms with Gasteiger partial charge in [-0.3, -0.25) is 4.79 Å². The number of amides is 2. The molecule has 1 aromatic carbocycles. The summed E-state index contributed by atoms with van der Waals surface area (Å²) < 4.78 is 26.6. The molecule has 0 radical (unpaired) electrons. The smallest absolute Gasteiger partial charge is 0.319 e. The van der Waals surface area contributed by atoms with Gasteiger partial charge in [0.15, 0.2) is 0 Å². The Morgan fingerprint density at radius 2 is 1.83 bits per heavy atom. The number of anilines is 1. The third kappa shape index (κ3) is 5.20. The van der Waals surface area contributed by atoms with E-state index in [0.29, 0.717) is 24.3 Å². The molecule has 2 amide bonds. The maximum absolute atomic E-state index is 12.6. The van der Waals surface area contributed by atoms with Crippen LogP contribution in [0.5, 0.6) is 0 Å². The third-order valence-corrected chi connectivity index (χ3v) is 5.59. The number of carbonyl (C=O) groups excluding carboxylic acids is 1. The number of urea groups is 1. The van der Waals surface area contributed by atoms with Crippen LogP contribution in [0.25, 0.3) is 0 Å². The van der Waals surface area contributed by atoms with Crippen LogP contribution in [0.2, 0.25) is 0 Å². The Morgan fingerprint density at radius 1 is 1.21 bits per heavy atom. The van der Waals surface area contributed by atoms with Crippen molar-refractivity contribution in [1.82, 2.24) is 9.62 Å². The van der Waals surface area contributed by atoms with Gasteiger partial charge in [-0.05, 0) is 24.6 Å². The predicted molar refractivity (Wildman–Crippen MR) is 90.6 cm³/mol. The fraction of sp³-hybridized carbons (Fsp3) is 0.467. The molecule has 0 spiro atoms. The van der Waals surface area contributed by atoms with E-state index in [4.69, 9.17) is 5.11 Å². The zero-order chi connectivity index (χ0) is 18.3. The largest absolute Gasteiger partial charge is 0.481 e. The summed E-state index contributed by atoms with van der Waals surface area (Å²) in [7, 11) is -3.63. The zero-order valence-electron chi connectivity index (χ0n) is 14.0. The van der Waals surface area contributed by atoms with Crippen LogP contribution in [0, 0.1) is 6.92 Å². The number of rotatable bonds is 8. The van der Waals surface area contributed by atoms with Gasteiger partial charge in [0.05, 0.1) is 11.3 Å². The summed E-state index contributed by atoms with van der Waals surface area (Å²) in [5.74, 6) is -1.02. The summed E-state index contributed by atoms with van der Waals surface area (Å²) >= 11 is 0. The van der Waals surface area contributed by atoms with Crippen LogP contribution in [0.3, 0.4) is 0 Å². The van der Waals surface area contributed by atoms with Crippen molar-refractivity contribution in [1.29, 1.82) is 0 Å². The Kier molecular flexibility index (Phi) is 7.18. The highest BCUT2D eigenvalue weighted by Gasteiger charge is 2.24. The minimum atomic E-state index is -3.63. The molecule has 134 valence electrons. The quantitative estimate of drug-likeness (QED) is 0.654. The summed E-state index contributed by atoms with van der Waals surface area (Å²) in [6.07, 6.45) is -0.192. The highest BCUT2D eigenvalue weighted by molar-refractivity contribution is 7.89. The molecule has 1 rings (SSSR count). The molecule has 0 aromatic heterocycles. The maximum Gasteiger partial charge on any atom is 0.319 e. The van der Waals surface area contributed by atoms with Crippen LogP contribution in [-0.4, -0.2) is 49.5 Å².